The van der Waals surface area contributed by atoms with Crippen LogP contribution in [0.4, 0.5) is 28.4 Å². The van der Waals surface area contributed by atoms with E-state index in [2.05, 4.69) is 69.3 Å². The van der Waals surface area contributed by atoms with Crippen LogP contribution in [0.2, 0.25) is 0 Å². The summed E-state index contributed by atoms with van der Waals surface area (Å²) in [6.07, 6.45) is 11.6. The van der Waals surface area contributed by atoms with Crippen LogP contribution in [-0.4, -0.2) is 36.5 Å². The third-order valence-electron chi connectivity index (χ3n) is 10.3. The summed E-state index contributed by atoms with van der Waals surface area (Å²) in [6.45, 7) is 8.54. The molecule has 0 bridgehead atoms. The standard InChI is InChI=1S/C24H22N4O.C21H22N4O/c1-24(2)12-19-21(20(29)13-24)23(22(28-19)15-7-9-25-10-8-15)27-17-11-16-5-3-4-6-18(16)26-14-17;1-21(2)11-16-18(17(26)12-21)20(24-15-5-3-4-14(22)10-15)19(25-16)13-6-8-23-9-7-13/h3-11,14,27-28H,12-13H2,1-2H3;3-10,24-25H,11-12,22H2,1-2H3. The number of hydrogen-bond donors (Lipinski definition) is 5. The molecular weight excluding hydrogens is 685 g/mol. The lowest BCUT2D eigenvalue weighted by molar-refractivity contribution is 0.0903. The highest BCUT2D eigenvalue weighted by atomic mass is 16.1. The van der Waals surface area contributed by atoms with Gasteiger partial charge in [0.2, 0.25) is 0 Å². The summed E-state index contributed by atoms with van der Waals surface area (Å²) >= 11 is 0. The molecule has 2 aromatic carbocycles. The molecule has 10 nitrogen and oxygen atoms in total. The Morgan fingerprint density at radius 3 is 1.69 bits per heavy atom. The first-order valence-electron chi connectivity index (χ1n) is 18.5. The van der Waals surface area contributed by atoms with Gasteiger partial charge in [-0.2, -0.15) is 0 Å². The van der Waals surface area contributed by atoms with E-state index < -0.39 is 0 Å². The first-order chi connectivity index (χ1) is 26.4. The topological polar surface area (TPSA) is 154 Å². The Balaban J connectivity index is 0.000000156. The van der Waals surface area contributed by atoms with E-state index in [-0.39, 0.29) is 22.4 Å². The highest BCUT2D eigenvalue weighted by Crippen LogP contribution is 2.45. The molecule has 0 saturated heterocycles. The van der Waals surface area contributed by atoms with Crippen LogP contribution in [0, 0.1) is 10.8 Å². The SMILES string of the molecule is CC1(C)CC(=O)c2c([nH]c(-c3ccncc3)c2Nc2cccc(N)c2)C1.CC1(C)CC(=O)c2c([nH]c(-c3ccncc3)c2Nc2cnc3ccccc3c2)C1. The fourth-order valence-electron chi connectivity index (χ4n) is 7.88. The van der Waals surface area contributed by atoms with E-state index in [4.69, 9.17) is 5.73 Å². The van der Waals surface area contributed by atoms with Crippen LogP contribution in [-0.2, 0) is 12.8 Å². The molecule has 2 aliphatic carbocycles. The normalized spacial score (nSPS) is 15.4. The Morgan fingerprint density at radius 2 is 1.15 bits per heavy atom. The number of carbonyl (C=O) groups is 2. The molecule has 5 aromatic heterocycles. The smallest absolute Gasteiger partial charge is 0.167 e. The maximum absolute atomic E-state index is 13.1. The van der Waals surface area contributed by atoms with Crippen LogP contribution >= 0.6 is 0 Å². The summed E-state index contributed by atoms with van der Waals surface area (Å²) in [6, 6.07) is 25.4. The Kier molecular flexibility index (Phi) is 9.04. The zero-order valence-corrected chi connectivity index (χ0v) is 31.5. The number of ketones is 2. The number of Topliss-reactive ketones (excluding diaryl/α,β-unsaturated/α-hetero) is 2. The predicted octanol–water partition coefficient (Wildman–Crippen LogP) is 10.1. The van der Waals surface area contributed by atoms with Crippen molar-refractivity contribution in [2.24, 2.45) is 10.8 Å². The van der Waals surface area contributed by atoms with Crippen molar-refractivity contribution in [3.8, 4) is 22.5 Å². The van der Waals surface area contributed by atoms with E-state index in [1.807, 2.05) is 79.0 Å². The minimum atomic E-state index is -0.0494. The predicted molar refractivity (Wildman–Crippen MR) is 220 cm³/mol. The fraction of sp³-hybridized carbons (Fsp3) is 0.222. The molecule has 0 fully saturated rings. The maximum Gasteiger partial charge on any atom is 0.167 e. The quantitative estimate of drug-likeness (QED) is 0.106. The molecule has 276 valence electrons. The molecule has 7 aromatic rings. The highest BCUT2D eigenvalue weighted by Gasteiger charge is 2.37. The van der Waals surface area contributed by atoms with Gasteiger partial charge >= 0.3 is 0 Å². The van der Waals surface area contributed by atoms with Crippen molar-refractivity contribution in [1.82, 2.24) is 24.9 Å². The minimum absolute atomic E-state index is 0.0428. The fourth-order valence-corrected chi connectivity index (χ4v) is 7.88. The van der Waals surface area contributed by atoms with Crippen LogP contribution in [0.5, 0.6) is 0 Å². The second kappa shape index (κ2) is 14.0. The zero-order valence-electron chi connectivity index (χ0n) is 31.5. The van der Waals surface area contributed by atoms with Gasteiger partial charge in [-0.1, -0.05) is 52.0 Å². The van der Waals surface area contributed by atoms with E-state index >= 15 is 0 Å². The molecule has 0 atom stereocenters. The number of para-hydroxylation sites is 1. The van der Waals surface area contributed by atoms with Crippen molar-refractivity contribution in [2.75, 3.05) is 16.4 Å². The first kappa shape index (κ1) is 35.5. The molecule has 0 unspecified atom stereocenters. The van der Waals surface area contributed by atoms with E-state index in [1.54, 1.807) is 24.8 Å². The molecular formula is C45H44N8O2. The number of aromatic amines is 2. The average molecular weight is 729 g/mol. The summed E-state index contributed by atoms with van der Waals surface area (Å²) in [4.78, 5) is 45.8. The molecule has 2 aliphatic rings. The second-order valence-corrected chi connectivity index (χ2v) is 16.1. The van der Waals surface area contributed by atoms with Crippen molar-refractivity contribution < 1.29 is 9.59 Å². The van der Waals surface area contributed by atoms with Crippen LogP contribution < -0.4 is 16.4 Å². The molecule has 0 radical (unpaired) electrons. The van der Waals surface area contributed by atoms with Crippen molar-refractivity contribution in [3.63, 3.8) is 0 Å². The number of rotatable bonds is 6. The summed E-state index contributed by atoms with van der Waals surface area (Å²) in [5.74, 6) is 0.336. The highest BCUT2D eigenvalue weighted by molar-refractivity contribution is 6.09. The summed E-state index contributed by atoms with van der Waals surface area (Å²) < 4.78 is 0. The van der Waals surface area contributed by atoms with Gasteiger partial charge in [0.15, 0.2) is 11.6 Å². The number of nitrogens with one attached hydrogen (secondary N) is 4. The third-order valence-corrected chi connectivity index (χ3v) is 10.3. The summed E-state index contributed by atoms with van der Waals surface area (Å²) in [5.41, 5.74) is 18.1. The lowest BCUT2D eigenvalue weighted by atomic mass is 9.76. The van der Waals surface area contributed by atoms with Gasteiger partial charge in [-0.15, -0.1) is 0 Å². The van der Waals surface area contributed by atoms with Crippen LogP contribution in [0.3, 0.4) is 0 Å². The van der Waals surface area contributed by atoms with Gasteiger partial charge in [-0.25, -0.2) is 0 Å². The molecule has 55 heavy (non-hydrogen) atoms. The van der Waals surface area contributed by atoms with Crippen molar-refractivity contribution in [2.45, 2.75) is 53.4 Å². The number of aromatic nitrogens is 5. The number of benzene rings is 2. The number of nitrogens with zero attached hydrogens (tertiary/aromatic N) is 3. The van der Waals surface area contributed by atoms with Gasteiger partial charge in [-0.05, 0) is 78.3 Å². The van der Waals surface area contributed by atoms with Crippen molar-refractivity contribution in [1.29, 1.82) is 0 Å². The monoisotopic (exact) mass is 728 g/mol. The lowest BCUT2D eigenvalue weighted by Crippen LogP contribution is -2.26. The Morgan fingerprint density at radius 1 is 0.618 bits per heavy atom. The first-order valence-corrected chi connectivity index (χ1v) is 18.5. The molecule has 0 amide bonds. The summed E-state index contributed by atoms with van der Waals surface area (Å²) in [7, 11) is 0. The second-order valence-electron chi connectivity index (χ2n) is 16.1. The number of nitrogens with two attached hydrogens (primary N) is 1. The van der Waals surface area contributed by atoms with E-state index in [1.165, 1.54) is 0 Å². The summed E-state index contributed by atoms with van der Waals surface area (Å²) in [5, 5.41) is 7.97. The Hall–Kier alpha value is -6.55. The van der Waals surface area contributed by atoms with Gasteiger partial charge < -0.3 is 26.3 Å². The lowest BCUT2D eigenvalue weighted by Gasteiger charge is -2.28. The van der Waals surface area contributed by atoms with Crippen LogP contribution in [0.15, 0.2) is 110 Å². The number of fused-ring (bicyclic) bond motifs is 3. The van der Waals surface area contributed by atoms with E-state index in [0.717, 1.165) is 91.5 Å². The molecule has 0 aliphatic heterocycles. The third kappa shape index (κ3) is 7.35. The van der Waals surface area contributed by atoms with E-state index in [9.17, 15) is 9.59 Å². The van der Waals surface area contributed by atoms with Gasteiger partial charge in [0, 0.05) is 76.9 Å². The number of hydrogen-bond acceptors (Lipinski definition) is 8. The molecule has 0 saturated carbocycles. The molecule has 5 heterocycles. The maximum atomic E-state index is 13.1. The zero-order chi connectivity index (χ0) is 38.3. The van der Waals surface area contributed by atoms with Gasteiger partial charge in [0.05, 0.1) is 51.3 Å². The van der Waals surface area contributed by atoms with Gasteiger partial charge in [0.1, 0.15) is 0 Å². The van der Waals surface area contributed by atoms with Crippen molar-refractivity contribution in [3.05, 3.63) is 132 Å². The Bertz CT molecular complexity index is 2550. The minimum Gasteiger partial charge on any atom is -0.399 e. The number of pyridine rings is 3. The molecule has 0 spiro atoms. The van der Waals surface area contributed by atoms with Gasteiger partial charge in [-0.3, -0.25) is 24.5 Å². The number of nitrogen functional groups attached to an aromatic ring is 1. The number of H-pyrrole nitrogens is 2. The number of carbonyl (C=O) groups excluding carboxylic acids is 2. The van der Waals surface area contributed by atoms with Crippen LogP contribution in [0.1, 0.15) is 72.6 Å². The van der Waals surface area contributed by atoms with Gasteiger partial charge in [0.25, 0.3) is 0 Å². The van der Waals surface area contributed by atoms with Crippen LogP contribution in [0.25, 0.3) is 33.4 Å². The number of anilines is 5. The molecule has 6 N–H and O–H groups in total. The van der Waals surface area contributed by atoms with E-state index in [0.29, 0.717) is 18.5 Å². The largest absolute Gasteiger partial charge is 0.399 e. The Labute approximate surface area is 320 Å². The van der Waals surface area contributed by atoms with Crippen molar-refractivity contribution >= 4 is 50.9 Å². The molecule has 9 rings (SSSR count). The molecule has 10 heteroatoms. The average Bonchev–Trinajstić information content (AvgIpc) is 3.69.